The third kappa shape index (κ3) is 4.42. The lowest BCUT2D eigenvalue weighted by atomic mass is 10.0. The number of benzene rings is 1. The van der Waals surface area contributed by atoms with E-state index < -0.39 is 0 Å². The molecule has 1 aromatic carbocycles. The number of aromatic nitrogens is 1. The highest BCUT2D eigenvalue weighted by atomic mass is 32.2. The predicted octanol–water partition coefficient (Wildman–Crippen LogP) is 5.00. The fourth-order valence-electron chi connectivity index (χ4n) is 2.48. The number of amidine groups is 1. The van der Waals surface area contributed by atoms with Gasteiger partial charge in [-0.3, -0.25) is 0 Å². The molecule has 0 bridgehead atoms. The summed E-state index contributed by atoms with van der Waals surface area (Å²) in [5.41, 5.74) is 2.52. The summed E-state index contributed by atoms with van der Waals surface area (Å²) in [6.07, 6.45) is 1.96. The van der Waals surface area contributed by atoms with Crippen LogP contribution in [0, 0.1) is 0 Å². The lowest BCUT2D eigenvalue weighted by Gasteiger charge is -2.11. The molecule has 0 saturated carbocycles. The van der Waals surface area contributed by atoms with E-state index in [2.05, 4.69) is 72.9 Å². The van der Waals surface area contributed by atoms with Crippen molar-refractivity contribution in [1.82, 2.24) is 5.32 Å². The van der Waals surface area contributed by atoms with E-state index in [0.717, 1.165) is 23.1 Å². The molecule has 0 spiro atoms. The second-order valence-electron chi connectivity index (χ2n) is 6.00. The first-order valence-electron chi connectivity index (χ1n) is 8.03. The highest BCUT2D eigenvalue weighted by Crippen LogP contribution is 2.34. The summed E-state index contributed by atoms with van der Waals surface area (Å²) in [6, 6.07) is 12.8. The van der Waals surface area contributed by atoms with E-state index >= 15 is 0 Å². The molecule has 0 unspecified atom stereocenters. The van der Waals surface area contributed by atoms with Gasteiger partial charge in [-0.05, 0) is 40.9 Å². The van der Waals surface area contributed by atoms with Crippen LogP contribution in [0.2, 0.25) is 0 Å². The van der Waals surface area contributed by atoms with Crippen LogP contribution in [0.3, 0.4) is 0 Å². The summed E-state index contributed by atoms with van der Waals surface area (Å²) in [6.45, 7) is 6.52. The summed E-state index contributed by atoms with van der Waals surface area (Å²) in [7, 11) is 0. The quantitative estimate of drug-likeness (QED) is 0.837. The minimum absolute atomic E-state index is 0.516. The molecule has 0 amide bonds. The molecule has 1 aromatic heterocycles. The SMILES string of the molecule is CC1=CSCC(=Nc2cc(Sc3ccccc3C(C)C)cc[nH+]2)N1. The number of aromatic amines is 1. The van der Waals surface area contributed by atoms with Gasteiger partial charge in [0, 0.05) is 21.6 Å². The standard InChI is InChI=1S/C19H21N3S2/c1-13(2)16-6-4-5-7-17(16)24-15-8-9-20-18(10-15)22-19-12-23-11-14(3)21-19/h4-11,13H,12H2,1-3H3,(H,20,21,22)/p+1. The zero-order valence-electron chi connectivity index (χ0n) is 14.2. The minimum Gasteiger partial charge on any atom is -0.326 e. The molecule has 3 rings (SSSR count). The highest BCUT2D eigenvalue weighted by Gasteiger charge is 2.14. The van der Waals surface area contributed by atoms with Crippen LogP contribution in [-0.4, -0.2) is 11.6 Å². The monoisotopic (exact) mass is 356 g/mol. The summed E-state index contributed by atoms with van der Waals surface area (Å²) < 4.78 is 0. The smallest absolute Gasteiger partial charge is 0.324 e. The molecule has 2 aromatic rings. The third-order valence-electron chi connectivity index (χ3n) is 3.60. The molecule has 124 valence electrons. The van der Waals surface area contributed by atoms with Gasteiger partial charge in [-0.25, -0.2) is 4.98 Å². The van der Waals surface area contributed by atoms with Crippen LogP contribution in [0.5, 0.6) is 0 Å². The fourth-order valence-corrected chi connectivity index (χ4v) is 4.30. The summed E-state index contributed by atoms with van der Waals surface area (Å²) in [4.78, 5) is 10.4. The molecule has 0 saturated heterocycles. The molecule has 0 fully saturated rings. The number of allylic oxidation sites excluding steroid dienone is 1. The first-order valence-corrected chi connectivity index (χ1v) is 9.90. The van der Waals surface area contributed by atoms with Crippen molar-refractivity contribution in [3.05, 3.63) is 59.3 Å². The van der Waals surface area contributed by atoms with Gasteiger partial charge in [0.2, 0.25) is 5.84 Å². The van der Waals surface area contributed by atoms with Crippen LogP contribution in [0.15, 0.2) is 68.5 Å². The average Bonchev–Trinajstić information content (AvgIpc) is 2.55. The predicted molar refractivity (Wildman–Crippen MR) is 104 cm³/mol. The summed E-state index contributed by atoms with van der Waals surface area (Å²) >= 11 is 3.56. The van der Waals surface area contributed by atoms with E-state index in [1.165, 1.54) is 15.4 Å². The van der Waals surface area contributed by atoms with Gasteiger partial charge in [0.1, 0.15) is 0 Å². The van der Waals surface area contributed by atoms with Crippen LogP contribution >= 0.6 is 23.5 Å². The van der Waals surface area contributed by atoms with Gasteiger partial charge in [0.25, 0.3) is 0 Å². The van der Waals surface area contributed by atoms with Crippen molar-refractivity contribution in [3.8, 4) is 0 Å². The molecule has 0 aliphatic carbocycles. The number of pyridine rings is 1. The van der Waals surface area contributed by atoms with Gasteiger partial charge in [-0.15, -0.1) is 11.8 Å². The van der Waals surface area contributed by atoms with E-state index in [1.54, 1.807) is 23.5 Å². The molecule has 0 atom stereocenters. The Kier molecular flexibility index (Phi) is 5.63. The number of hydrogen-bond acceptors (Lipinski definition) is 3. The Hall–Kier alpha value is -1.72. The van der Waals surface area contributed by atoms with Crippen LogP contribution in [-0.2, 0) is 0 Å². The molecule has 24 heavy (non-hydrogen) atoms. The molecule has 3 nitrogen and oxygen atoms in total. The van der Waals surface area contributed by atoms with Crippen molar-refractivity contribution in [2.75, 3.05) is 5.75 Å². The second kappa shape index (κ2) is 7.90. The number of aliphatic imine (C=N–C) groups is 1. The Morgan fingerprint density at radius 1 is 1.25 bits per heavy atom. The topological polar surface area (TPSA) is 38.5 Å². The van der Waals surface area contributed by atoms with Gasteiger partial charge >= 0.3 is 5.82 Å². The van der Waals surface area contributed by atoms with Gasteiger partial charge in [-0.2, -0.15) is 0 Å². The highest BCUT2D eigenvalue weighted by molar-refractivity contribution is 8.02. The van der Waals surface area contributed by atoms with Crippen molar-refractivity contribution in [1.29, 1.82) is 0 Å². The Bertz CT molecular complexity index is 782. The van der Waals surface area contributed by atoms with Crippen LogP contribution in [0.4, 0.5) is 5.82 Å². The number of nitrogens with one attached hydrogen (secondary N) is 2. The maximum Gasteiger partial charge on any atom is 0.324 e. The van der Waals surface area contributed by atoms with Gasteiger partial charge in [-0.1, -0.05) is 43.8 Å². The van der Waals surface area contributed by atoms with E-state index in [-0.39, 0.29) is 0 Å². The second-order valence-corrected chi connectivity index (χ2v) is 7.97. The number of nitrogens with zero attached hydrogens (tertiary/aromatic N) is 1. The number of rotatable bonds is 4. The van der Waals surface area contributed by atoms with Crippen LogP contribution in [0.1, 0.15) is 32.3 Å². The first kappa shape index (κ1) is 17.1. The fraction of sp³-hybridized carbons (Fsp3) is 0.263. The molecule has 2 heterocycles. The summed E-state index contributed by atoms with van der Waals surface area (Å²) in [5, 5.41) is 5.44. The maximum atomic E-state index is 4.70. The Labute approximate surface area is 152 Å². The maximum absolute atomic E-state index is 4.70. The minimum atomic E-state index is 0.516. The van der Waals surface area contributed by atoms with Crippen molar-refractivity contribution in [2.45, 2.75) is 36.5 Å². The van der Waals surface area contributed by atoms with Gasteiger partial charge < -0.3 is 5.32 Å². The van der Waals surface area contributed by atoms with Crippen molar-refractivity contribution >= 4 is 35.2 Å². The normalized spacial score (nSPS) is 16.2. The van der Waals surface area contributed by atoms with Gasteiger partial charge in [0.05, 0.1) is 11.9 Å². The third-order valence-corrected chi connectivity index (χ3v) is 5.65. The van der Waals surface area contributed by atoms with Crippen LogP contribution < -0.4 is 10.3 Å². The molecule has 5 heteroatoms. The Morgan fingerprint density at radius 2 is 2.08 bits per heavy atom. The number of H-pyrrole nitrogens is 1. The van der Waals surface area contributed by atoms with E-state index in [0.29, 0.717) is 5.92 Å². The van der Waals surface area contributed by atoms with Crippen molar-refractivity contribution in [2.24, 2.45) is 4.99 Å². The van der Waals surface area contributed by atoms with E-state index in [1.807, 2.05) is 6.20 Å². The Morgan fingerprint density at radius 3 is 2.88 bits per heavy atom. The molecule has 2 N–H and O–H groups in total. The largest absolute Gasteiger partial charge is 0.326 e. The van der Waals surface area contributed by atoms with E-state index in [9.17, 15) is 0 Å². The van der Waals surface area contributed by atoms with Crippen molar-refractivity contribution < 1.29 is 4.98 Å². The first-order chi connectivity index (χ1) is 11.6. The molecular formula is C19H22N3S2+. The zero-order chi connectivity index (χ0) is 16.9. The Balaban J connectivity index is 1.82. The lowest BCUT2D eigenvalue weighted by Crippen LogP contribution is -2.26. The summed E-state index contributed by atoms with van der Waals surface area (Å²) in [5.74, 6) is 3.25. The number of thioether (sulfide) groups is 1. The molecule has 1 aliphatic heterocycles. The van der Waals surface area contributed by atoms with Gasteiger partial charge in [0.15, 0.2) is 0 Å². The van der Waals surface area contributed by atoms with E-state index in [4.69, 9.17) is 4.99 Å². The molecule has 0 radical (unpaired) electrons. The number of hydrogen-bond donors (Lipinski definition) is 1. The zero-order valence-corrected chi connectivity index (χ0v) is 15.8. The van der Waals surface area contributed by atoms with Crippen LogP contribution in [0.25, 0.3) is 0 Å². The average molecular weight is 357 g/mol. The van der Waals surface area contributed by atoms with Crippen molar-refractivity contribution in [3.63, 3.8) is 0 Å². The lowest BCUT2D eigenvalue weighted by molar-refractivity contribution is -0.363. The molecular weight excluding hydrogens is 334 g/mol. The molecule has 1 aliphatic rings.